The second kappa shape index (κ2) is 6.82. The van der Waals surface area contributed by atoms with Gasteiger partial charge in [-0.2, -0.15) is 0 Å². The third-order valence-electron chi connectivity index (χ3n) is 2.63. The van der Waals surface area contributed by atoms with Gasteiger partial charge in [-0.15, -0.1) is 11.3 Å². The Balaban J connectivity index is 1.99. The van der Waals surface area contributed by atoms with Crippen molar-refractivity contribution in [2.75, 3.05) is 0 Å². The predicted octanol–water partition coefficient (Wildman–Crippen LogP) is 2.62. The largest absolute Gasteiger partial charge is 0.392 e. The average Bonchev–Trinajstić information content (AvgIpc) is 2.82. The molecule has 1 aromatic carbocycles. The molecular formula is C13H14BrNO3S2. The van der Waals surface area contributed by atoms with Crippen molar-refractivity contribution in [1.29, 1.82) is 0 Å². The highest BCUT2D eigenvalue weighted by molar-refractivity contribution is 9.11. The van der Waals surface area contributed by atoms with Gasteiger partial charge in [0.25, 0.3) is 0 Å². The summed E-state index contributed by atoms with van der Waals surface area (Å²) in [6.07, 6.45) is 0. The van der Waals surface area contributed by atoms with Crippen LogP contribution in [0.4, 0.5) is 0 Å². The van der Waals surface area contributed by atoms with E-state index in [0.717, 1.165) is 8.66 Å². The summed E-state index contributed by atoms with van der Waals surface area (Å²) < 4.78 is 27.5. The number of hydrogen-bond acceptors (Lipinski definition) is 4. The van der Waals surface area contributed by atoms with Crippen LogP contribution in [0.25, 0.3) is 0 Å². The van der Waals surface area contributed by atoms with E-state index in [4.69, 9.17) is 5.11 Å². The zero-order valence-electron chi connectivity index (χ0n) is 10.5. The first kappa shape index (κ1) is 15.7. The molecule has 2 N–H and O–H groups in total. The van der Waals surface area contributed by atoms with E-state index in [0.29, 0.717) is 11.1 Å². The minimum atomic E-state index is -3.39. The number of aliphatic hydroxyl groups is 1. The lowest BCUT2D eigenvalue weighted by Crippen LogP contribution is -2.24. The Kier molecular flexibility index (Phi) is 5.34. The maximum atomic E-state index is 12.0. The van der Waals surface area contributed by atoms with Crippen LogP contribution in [0.15, 0.2) is 40.2 Å². The monoisotopic (exact) mass is 375 g/mol. The topological polar surface area (TPSA) is 66.4 Å². The van der Waals surface area contributed by atoms with Crippen molar-refractivity contribution in [3.63, 3.8) is 0 Å². The third-order valence-corrected chi connectivity index (χ3v) is 5.55. The van der Waals surface area contributed by atoms with Gasteiger partial charge in [-0.3, -0.25) is 0 Å². The van der Waals surface area contributed by atoms with Gasteiger partial charge in [0.05, 0.1) is 16.1 Å². The number of aliphatic hydroxyl groups excluding tert-OH is 1. The van der Waals surface area contributed by atoms with Crippen molar-refractivity contribution < 1.29 is 13.5 Å². The number of rotatable bonds is 6. The molecule has 0 fully saturated rings. The smallest absolute Gasteiger partial charge is 0.216 e. The molecule has 0 saturated heterocycles. The number of halogens is 1. The van der Waals surface area contributed by atoms with Crippen molar-refractivity contribution in [1.82, 2.24) is 4.72 Å². The Labute approximate surface area is 130 Å². The number of sulfonamides is 1. The van der Waals surface area contributed by atoms with Gasteiger partial charge in [0.2, 0.25) is 10.0 Å². The van der Waals surface area contributed by atoms with Crippen molar-refractivity contribution in [3.8, 4) is 0 Å². The molecule has 0 spiro atoms. The van der Waals surface area contributed by atoms with E-state index in [1.54, 1.807) is 24.3 Å². The van der Waals surface area contributed by atoms with Crippen LogP contribution in [0.5, 0.6) is 0 Å². The fourth-order valence-corrected chi connectivity index (χ4v) is 4.33. The number of hydrogen-bond donors (Lipinski definition) is 2. The second-order valence-electron chi connectivity index (χ2n) is 4.26. The number of thiophene rings is 1. The molecule has 2 rings (SSSR count). The average molecular weight is 376 g/mol. The lowest BCUT2D eigenvalue weighted by molar-refractivity contribution is 0.282. The first-order valence-corrected chi connectivity index (χ1v) is 9.15. The van der Waals surface area contributed by atoms with Gasteiger partial charge < -0.3 is 5.11 Å². The van der Waals surface area contributed by atoms with Crippen LogP contribution in [0.1, 0.15) is 16.0 Å². The molecule has 0 bridgehead atoms. The quantitative estimate of drug-likeness (QED) is 0.815. The van der Waals surface area contributed by atoms with Crippen molar-refractivity contribution in [2.45, 2.75) is 18.9 Å². The van der Waals surface area contributed by atoms with Crippen LogP contribution >= 0.6 is 27.3 Å². The van der Waals surface area contributed by atoms with Gasteiger partial charge in [0.1, 0.15) is 0 Å². The predicted molar refractivity (Wildman–Crippen MR) is 83.8 cm³/mol. The second-order valence-corrected chi connectivity index (χ2v) is 8.62. The van der Waals surface area contributed by atoms with Gasteiger partial charge in [-0.05, 0) is 39.2 Å². The molecule has 0 aliphatic rings. The van der Waals surface area contributed by atoms with Crippen LogP contribution in [-0.2, 0) is 28.9 Å². The van der Waals surface area contributed by atoms with E-state index in [-0.39, 0.29) is 18.9 Å². The van der Waals surface area contributed by atoms with E-state index >= 15 is 0 Å². The molecular weight excluding hydrogens is 362 g/mol. The zero-order chi connectivity index (χ0) is 14.6. The van der Waals surface area contributed by atoms with Gasteiger partial charge >= 0.3 is 0 Å². The highest BCUT2D eigenvalue weighted by Gasteiger charge is 2.12. The van der Waals surface area contributed by atoms with Crippen LogP contribution < -0.4 is 4.72 Å². The summed E-state index contributed by atoms with van der Waals surface area (Å²) in [5, 5.41) is 9.05. The van der Waals surface area contributed by atoms with Crippen molar-refractivity contribution >= 4 is 37.3 Å². The minimum Gasteiger partial charge on any atom is -0.392 e. The van der Waals surface area contributed by atoms with Crippen LogP contribution in [0.2, 0.25) is 0 Å². The summed E-state index contributed by atoms with van der Waals surface area (Å²) in [6, 6.07) is 10.7. The highest BCUT2D eigenvalue weighted by atomic mass is 79.9. The molecule has 2 aromatic rings. The van der Waals surface area contributed by atoms with Gasteiger partial charge in [-0.1, -0.05) is 24.3 Å². The fourth-order valence-electron chi connectivity index (χ4n) is 1.72. The minimum absolute atomic E-state index is 0.0899. The normalized spacial score (nSPS) is 11.7. The number of benzene rings is 1. The molecule has 0 amide bonds. The summed E-state index contributed by atoms with van der Waals surface area (Å²) in [5.74, 6) is -0.0899. The van der Waals surface area contributed by atoms with Crippen molar-refractivity contribution in [2.24, 2.45) is 0 Å². The van der Waals surface area contributed by atoms with E-state index in [2.05, 4.69) is 20.7 Å². The van der Waals surface area contributed by atoms with E-state index in [1.165, 1.54) is 11.3 Å². The Morgan fingerprint density at radius 2 is 1.95 bits per heavy atom. The van der Waals surface area contributed by atoms with Crippen LogP contribution in [0.3, 0.4) is 0 Å². The summed E-state index contributed by atoms with van der Waals surface area (Å²) in [7, 11) is -3.39. The molecule has 108 valence electrons. The van der Waals surface area contributed by atoms with E-state index in [1.807, 2.05) is 12.1 Å². The molecule has 7 heteroatoms. The van der Waals surface area contributed by atoms with E-state index < -0.39 is 10.0 Å². The molecule has 1 heterocycles. The summed E-state index contributed by atoms with van der Waals surface area (Å²) in [6.45, 7) is 0.197. The molecule has 4 nitrogen and oxygen atoms in total. The Hall–Kier alpha value is -0.730. The lowest BCUT2D eigenvalue weighted by atomic mass is 10.1. The van der Waals surface area contributed by atoms with Gasteiger partial charge in [0.15, 0.2) is 0 Å². The van der Waals surface area contributed by atoms with Crippen molar-refractivity contribution in [3.05, 3.63) is 56.2 Å². The Morgan fingerprint density at radius 3 is 2.60 bits per heavy atom. The van der Waals surface area contributed by atoms with Gasteiger partial charge in [-0.25, -0.2) is 13.1 Å². The maximum absolute atomic E-state index is 12.0. The Morgan fingerprint density at radius 1 is 1.20 bits per heavy atom. The summed E-state index contributed by atoms with van der Waals surface area (Å²) in [4.78, 5) is 0.949. The third kappa shape index (κ3) is 4.68. The first-order valence-electron chi connectivity index (χ1n) is 5.89. The Bertz CT molecular complexity index is 682. The maximum Gasteiger partial charge on any atom is 0.216 e. The molecule has 0 radical (unpaired) electrons. The lowest BCUT2D eigenvalue weighted by Gasteiger charge is -2.07. The standard InChI is InChI=1S/C13H14BrNO3S2/c14-13-5-4-12(19-13)7-15-20(17,18)9-11-3-1-2-10(6-11)8-16/h1-6,15-16H,7-9H2. The van der Waals surface area contributed by atoms with E-state index in [9.17, 15) is 8.42 Å². The molecule has 0 saturated carbocycles. The van der Waals surface area contributed by atoms with Crippen LogP contribution in [0, 0.1) is 0 Å². The van der Waals surface area contributed by atoms with Crippen LogP contribution in [-0.4, -0.2) is 13.5 Å². The first-order chi connectivity index (χ1) is 9.48. The SMILES string of the molecule is O=S(=O)(Cc1cccc(CO)c1)NCc1ccc(Br)s1. The fraction of sp³-hybridized carbons (Fsp3) is 0.231. The number of nitrogens with one attached hydrogen (secondary N) is 1. The molecule has 0 aliphatic heterocycles. The molecule has 0 unspecified atom stereocenters. The molecule has 20 heavy (non-hydrogen) atoms. The summed E-state index contributed by atoms with van der Waals surface area (Å²) >= 11 is 4.84. The van der Waals surface area contributed by atoms with Gasteiger partial charge in [0, 0.05) is 11.4 Å². The summed E-state index contributed by atoms with van der Waals surface area (Å²) in [5.41, 5.74) is 1.37. The highest BCUT2D eigenvalue weighted by Crippen LogP contribution is 2.22. The zero-order valence-corrected chi connectivity index (χ0v) is 13.8. The molecule has 1 aromatic heterocycles. The molecule has 0 aliphatic carbocycles. The molecule has 0 atom stereocenters.